The molecular formula is C13H15NO3. The molecule has 0 aliphatic carbocycles. The van der Waals surface area contributed by atoms with Gasteiger partial charge in [0.1, 0.15) is 0 Å². The van der Waals surface area contributed by atoms with Crippen LogP contribution in [-0.4, -0.2) is 23.5 Å². The van der Waals surface area contributed by atoms with E-state index in [2.05, 4.69) is 11.9 Å². The molecule has 2 N–H and O–H groups in total. The number of carboxylic acids is 1. The van der Waals surface area contributed by atoms with Gasteiger partial charge in [-0.2, -0.15) is 0 Å². The Kier molecular flexibility index (Phi) is 4.94. The van der Waals surface area contributed by atoms with Gasteiger partial charge in [0, 0.05) is 12.1 Å². The first-order valence-electron chi connectivity index (χ1n) is 5.31. The molecule has 4 nitrogen and oxygen atoms in total. The smallest absolute Gasteiger partial charge is 0.331 e. The van der Waals surface area contributed by atoms with Crippen molar-refractivity contribution in [1.29, 1.82) is 0 Å². The Morgan fingerprint density at radius 1 is 1.24 bits per heavy atom. The number of carboxylic acid groups (broad SMARTS) is 1. The molecule has 0 aliphatic heterocycles. The van der Waals surface area contributed by atoms with Gasteiger partial charge in [-0.15, -0.1) is 0 Å². The van der Waals surface area contributed by atoms with E-state index in [1.54, 1.807) is 0 Å². The maximum absolute atomic E-state index is 11.3. The van der Waals surface area contributed by atoms with Crippen molar-refractivity contribution in [3.8, 4) is 0 Å². The Bertz CT molecular complexity index is 412. The van der Waals surface area contributed by atoms with Gasteiger partial charge < -0.3 is 10.4 Å². The molecule has 0 saturated carbocycles. The zero-order valence-corrected chi connectivity index (χ0v) is 9.48. The highest BCUT2D eigenvalue weighted by atomic mass is 16.4. The Morgan fingerprint density at radius 2 is 1.88 bits per heavy atom. The fourth-order valence-corrected chi connectivity index (χ4v) is 1.32. The number of amides is 1. The van der Waals surface area contributed by atoms with Crippen molar-refractivity contribution < 1.29 is 14.7 Å². The minimum absolute atomic E-state index is 0.0952. The number of carbonyl (C=O) groups excluding carboxylic acids is 1. The van der Waals surface area contributed by atoms with Gasteiger partial charge >= 0.3 is 5.97 Å². The molecule has 0 spiro atoms. The summed E-state index contributed by atoms with van der Waals surface area (Å²) in [4.78, 5) is 21.8. The summed E-state index contributed by atoms with van der Waals surface area (Å²) in [6.07, 6.45) is 0.566. The van der Waals surface area contributed by atoms with Crippen molar-refractivity contribution in [1.82, 2.24) is 5.32 Å². The molecule has 1 aromatic rings. The molecule has 0 saturated heterocycles. The van der Waals surface area contributed by atoms with E-state index in [1.165, 1.54) is 0 Å². The molecule has 17 heavy (non-hydrogen) atoms. The number of hydrogen-bond acceptors (Lipinski definition) is 2. The van der Waals surface area contributed by atoms with E-state index < -0.39 is 5.97 Å². The number of carbonyl (C=O) groups is 2. The van der Waals surface area contributed by atoms with Crippen LogP contribution in [0.1, 0.15) is 12.0 Å². The number of hydrogen-bond donors (Lipinski definition) is 2. The molecule has 0 aromatic heterocycles. The van der Waals surface area contributed by atoms with E-state index in [-0.39, 0.29) is 17.9 Å². The lowest BCUT2D eigenvalue weighted by molar-refractivity contribution is -0.134. The Labute approximate surface area is 100.0 Å². The van der Waals surface area contributed by atoms with Gasteiger partial charge in [-0.25, -0.2) is 4.79 Å². The van der Waals surface area contributed by atoms with E-state index in [4.69, 9.17) is 5.11 Å². The lowest BCUT2D eigenvalue weighted by atomic mass is 10.1. The molecule has 1 rings (SSSR count). The van der Waals surface area contributed by atoms with Crippen molar-refractivity contribution in [3.63, 3.8) is 0 Å². The van der Waals surface area contributed by atoms with Crippen LogP contribution in [0.25, 0.3) is 0 Å². The van der Waals surface area contributed by atoms with Crippen molar-refractivity contribution >= 4 is 11.9 Å². The standard InChI is InChI=1S/C13H15NO3/c1-10(13(16)17)9-12(15)14-8-7-11-5-3-2-4-6-11/h2-6H,1,7-9H2,(H,14,15)(H,16,17). The summed E-state index contributed by atoms with van der Waals surface area (Å²) in [7, 11) is 0. The molecule has 0 atom stereocenters. The van der Waals surface area contributed by atoms with Gasteiger partial charge in [-0.3, -0.25) is 4.79 Å². The van der Waals surface area contributed by atoms with E-state index in [9.17, 15) is 9.59 Å². The highest BCUT2D eigenvalue weighted by Crippen LogP contribution is 2.00. The summed E-state index contributed by atoms with van der Waals surface area (Å²) >= 11 is 0. The van der Waals surface area contributed by atoms with Gasteiger partial charge in [-0.1, -0.05) is 36.9 Å². The summed E-state index contributed by atoms with van der Waals surface area (Å²) in [6.45, 7) is 3.80. The quantitative estimate of drug-likeness (QED) is 0.729. The molecule has 0 bridgehead atoms. The maximum Gasteiger partial charge on any atom is 0.331 e. The summed E-state index contributed by atoms with van der Waals surface area (Å²) in [5, 5.41) is 11.2. The van der Waals surface area contributed by atoms with E-state index in [0.717, 1.165) is 12.0 Å². The van der Waals surface area contributed by atoms with Crippen LogP contribution in [0, 0.1) is 0 Å². The van der Waals surface area contributed by atoms with Gasteiger partial charge in [0.2, 0.25) is 5.91 Å². The Morgan fingerprint density at radius 3 is 2.47 bits per heavy atom. The first kappa shape index (κ1) is 13.0. The van der Waals surface area contributed by atoms with Crippen molar-refractivity contribution in [2.24, 2.45) is 0 Å². The molecule has 4 heteroatoms. The largest absolute Gasteiger partial charge is 0.478 e. The number of nitrogens with one attached hydrogen (secondary N) is 1. The third-order valence-corrected chi connectivity index (χ3v) is 2.26. The second-order valence-electron chi connectivity index (χ2n) is 3.67. The summed E-state index contributed by atoms with van der Waals surface area (Å²) in [6, 6.07) is 9.75. The van der Waals surface area contributed by atoms with Gasteiger partial charge in [-0.05, 0) is 12.0 Å². The van der Waals surface area contributed by atoms with Crippen LogP contribution in [-0.2, 0) is 16.0 Å². The van der Waals surface area contributed by atoms with Crippen molar-refractivity contribution in [3.05, 3.63) is 48.0 Å². The fourth-order valence-electron chi connectivity index (χ4n) is 1.32. The van der Waals surface area contributed by atoms with Crippen LogP contribution < -0.4 is 5.32 Å². The first-order chi connectivity index (χ1) is 8.09. The van der Waals surface area contributed by atoms with Crippen LogP contribution in [0.15, 0.2) is 42.5 Å². The molecule has 1 aromatic carbocycles. The highest BCUT2D eigenvalue weighted by molar-refractivity contribution is 5.93. The number of aliphatic carboxylic acids is 1. The van der Waals surface area contributed by atoms with Gasteiger partial charge in [0.25, 0.3) is 0 Å². The van der Waals surface area contributed by atoms with Crippen LogP contribution in [0.4, 0.5) is 0 Å². The average Bonchev–Trinajstić information content (AvgIpc) is 2.30. The average molecular weight is 233 g/mol. The summed E-state index contributed by atoms with van der Waals surface area (Å²) in [5.41, 5.74) is 1.03. The molecule has 0 heterocycles. The molecular weight excluding hydrogens is 218 g/mol. The lowest BCUT2D eigenvalue weighted by Gasteiger charge is -2.05. The SMILES string of the molecule is C=C(CC(=O)NCCc1ccccc1)C(=O)O. The molecule has 1 amide bonds. The van der Waals surface area contributed by atoms with E-state index in [0.29, 0.717) is 6.54 Å². The van der Waals surface area contributed by atoms with E-state index in [1.807, 2.05) is 30.3 Å². The van der Waals surface area contributed by atoms with Gasteiger partial charge in [0.15, 0.2) is 0 Å². The van der Waals surface area contributed by atoms with Crippen LogP contribution in [0.2, 0.25) is 0 Å². The molecule has 0 radical (unpaired) electrons. The molecule has 0 unspecified atom stereocenters. The van der Waals surface area contributed by atoms with Crippen LogP contribution >= 0.6 is 0 Å². The predicted octanol–water partition coefficient (Wildman–Crippen LogP) is 1.38. The second kappa shape index (κ2) is 6.48. The minimum atomic E-state index is -1.14. The van der Waals surface area contributed by atoms with Crippen LogP contribution in [0.3, 0.4) is 0 Å². The summed E-state index contributed by atoms with van der Waals surface area (Å²) in [5.74, 6) is -1.45. The van der Waals surface area contributed by atoms with Crippen molar-refractivity contribution in [2.45, 2.75) is 12.8 Å². The zero-order chi connectivity index (χ0) is 12.7. The topological polar surface area (TPSA) is 66.4 Å². The van der Waals surface area contributed by atoms with Crippen molar-refractivity contribution in [2.75, 3.05) is 6.54 Å². The minimum Gasteiger partial charge on any atom is -0.478 e. The Balaban J connectivity index is 2.25. The second-order valence-corrected chi connectivity index (χ2v) is 3.67. The van der Waals surface area contributed by atoms with Crippen LogP contribution in [0.5, 0.6) is 0 Å². The monoisotopic (exact) mass is 233 g/mol. The third-order valence-electron chi connectivity index (χ3n) is 2.26. The normalized spacial score (nSPS) is 9.65. The maximum atomic E-state index is 11.3. The summed E-state index contributed by atoms with van der Waals surface area (Å²) < 4.78 is 0. The first-order valence-corrected chi connectivity index (χ1v) is 5.31. The molecule has 0 fully saturated rings. The third kappa shape index (κ3) is 4.97. The Hall–Kier alpha value is -2.10. The highest BCUT2D eigenvalue weighted by Gasteiger charge is 2.09. The molecule has 90 valence electrons. The molecule has 0 aliphatic rings. The lowest BCUT2D eigenvalue weighted by Crippen LogP contribution is -2.26. The number of benzene rings is 1. The fraction of sp³-hybridized carbons (Fsp3) is 0.231. The van der Waals surface area contributed by atoms with E-state index >= 15 is 0 Å². The zero-order valence-electron chi connectivity index (χ0n) is 9.48. The predicted molar refractivity (Wildman–Crippen MR) is 64.5 cm³/mol. The van der Waals surface area contributed by atoms with Gasteiger partial charge in [0.05, 0.1) is 6.42 Å². The number of rotatable bonds is 6.